The lowest BCUT2D eigenvalue weighted by molar-refractivity contribution is 0.493. The largest absolute Gasteiger partial charge is 0.342 e. The Balaban J connectivity index is 2.28. The first-order valence-corrected chi connectivity index (χ1v) is 7.86. The van der Waals surface area contributed by atoms with Gasteiger partial charge < -0.3 is 9.17 Å². The molecule has 1 N–H and O–H groups in total. The molecule has 0 amide bonds. The van der Waals surface area contributed by atoms with Gasteiger partial charge in [-0.1, -0.05) is 18.7 Å². The Bertz CT molecular complexity index is 745. The second-order valence-corrected chi connectivity index (χ2v) is 5.88. The predicted molar refractivity (Wildman–Crippen MR) is 95.2 cm³/mol. The lowest BCUT2D eigenvalue weighted by atomic mass is 10.1. The van der Waals surface area contributed by atoms with E-state index in [1.54, 1.807) is 19.2 Å². The van der Waals surface area contributed by atoms with Crippen LogP contribution < -0.4 is 0 Å². The third-order valence-corrected chi connectivity index (χ3v) is 3.74. The van der Waals surface area contributed by atoms with Crippen LogP contribution in [0.4, 0.5) is 4.39 Å². The quantitative estimate of drug-likeness (QED) is 0.577. The smallest absolute Gasteiger partial charge is 0.137 e. The van der Waals surface area contributed by atoms with Crippen molar-refractivity contribution in [2.45, 2.75) is 13.8 Å². The normalized spacial score (nSPS) is 12.1. The van der Waals surface area contributed by atoms with Crippen LogP contribution in [0.25, 0.3) is 16.8 Å². The molecule has 5 heteroatoms. The molecule has 2 aromatic rings. The van der Waals surface area contributed by atoms with Crippen molar-refractivity contribution in [3.05, 3.63) is 71.3 Å². The fourth-order valence-electron chi connectivity index (χ4n) is 2.12. The highest BCUT2D eigenvalue weighted by Crippen LogP contribution is 2.25. The maximum atomic E-state index is 13.1. The van der Waals surface area contributed by atoms with E-state index in [0.29, 0.717) is 0 Å². The van der Waals surface area contributed by atoms with E-state index >= 15 is 0 Å². The molecule has 0 atom stereocenters. The van der Waals surface area contributed by atoms with E-state index in [1.807, 2.05) is 32.1 Å². The first-order chi connectivity index (χ1) is 11.0. The number of hydrogen-bond donors (Lipinski definition) is 1. The lowest BCUT2D eigenvalue weighted by Crippen LogP contribution is -1.85. The molecular weight excluding hydrogens is 311 g/mol. The number of rotatable bonds is 6. The van der Waals surface area contributed by atoms with E-state index in [4.69, 9.17) is 4.18 Å². The third-order valence-electron chi connectivity index (χ3n) is 3.23. The topological polar surface area (TPSA) is 37.9 Å². The van der Waals surface area contributed by atoms with E-state index in [9.17, 15) is 4.39 Å². The average Bonchev–Trinajstić information content (AvgIpc) is 2.91. The van der Waals surface area contributed by atoms with Crippen molar-refractivity contribution in [3.63, 3.8) is 0 Å². The molecule has 1 heterocycles. The van der Waals surface area contributed by atoms with Crippen LogP contribution in [-0.2, 0) is 4.18 Å². The van der Waals surface area contributed by atoms with Crippen LogP contribution in [0.5, 0.6) is 0 Å². The van der Waals surface area contributed by atoms with Crippen LogP contribution in [0.3, 0.4) is 0 Å². The summed E-state index contributed by atoms with van der Waals surface area (Å²) in [5, 5.41) is 0. The Morgan fingerprint density at radius 2 is 2.00 bits per heavy atom. The molecule has 1 aromatic heterocycles. The number of aryl methyl sites for hydroxylation is 1. The van der Waals surface area contributed by atoms with Crippen LogP contribution >= 0.6 is 12.0 Å². The lowest BCUT2D eigenvalue weighted by Gasteiger charge is -1.99. The summed E-state index contributed by atoms with van der Waals surface area (Å²) in [6, 6.07) is 6.33. The maximum absolute atomic E-state index is 13.1. The summed E-state index contributed by atoms with van der Waals surface area (Å²) >= 11 is 1.21. The highest BCUT2D eigenvalue weighted by atomic mass is 32.2. The molecule has 0 aliphatic heterocycles. The molecule has 3 nitrogen and oxygen atoms in total. The van der Waals surface area contributed by atoms with Gasteiger partial charge in [-0.25, -0.2) is 9.37 Å². The van der Waals surface area contributed by atoms with Crippen LogP contribution in [0, 0.1) is 12.7 Å². The molecule has 120 valence electrons. The Labute approximate surface area is 140 Å². The monoisotopic (exact) mass is 330 g/mol. The van der Waals surface area contributed by atoms with E-state index in [1.165, 1.54) is 24.2 Å². The molecule has 0 spiro atoms. The SMILES string of the molecule is C=C(/C=C\C(=C/C)c1nc(-c2ccc(F)cc2)c(C)[nH]1)SOC. The van der Waals surface area contributed by atoms with Gasteiger partial charge in [0.15, 0.2) is 0 Å². The number of hydrogen-bond acceptors (Lipinski definition) is 3. The van der Waals surface area contributed by atoms with Gasteiger partial charge in [0.1, 0.15) is 11.6 Å². The highest BCUT2D eigenvalue weighted by molar-refractivity contribution is 7.98. The van der Waals surface area contributed by atoms with Crippen molar-refractivity contribution >= 4 is 17.6 Å². The zero-order valence-electron chi connectivity index (χ0n) is 13.4. The zero-order valence-corrected chi connectivity index (χ0v) is 14.2. The van der Waals surface area contributed by atoms with Crippen LogP contribution in [0.2, 0.25) is 0 Å². The molecule has 23 heavy (non-hydrogen) atoms. The van der Waals surface area contributed by atoms with E-state index in [0.717, 1.165) is 33.3 Å². The summed E-state index contributed by atoms with van der Waals surface area (Å²) < 4.78 is 18.0. The molecule has 0 aliphatic rings. The highest BCUT2D eigenvalue weighted by Gasteiger charge is 2.10. The number of benzene rings is 1. The Hall–Kier alpha value is -2.11. The minimum absolute atomic E-state index is 0.256. The molecule has 0 bridgehead atoms. The molecule has 0 aliphatic carbocycles. The minimum Gasteiger partial charge on any atom is -0.342 e. The number of nitrogens with zero attached hydrogens (tertiary/aromatic N) is 1. The first-order valence-electron chi connectivity index (χ1n) is 7.12. The van der Waals surface area contributed by atoms with Gasteiger partial charge in [-0.3, -0.25) is 0 Å². The Morgan fingerprint density at radius 1 is 1.30 bits per heavy atom. The van der Waals surface area contributed by atoms with Crippen molar-refractivity contribution < 1.29 is 8.57 Å². The van der Waals surface area contributed by atoms with Crippen LogP contribution in [-0.4, -0.2) is 17.1 Å². The Morgan fingerprint density at radius 3 is 2.61 bits per heavy atom. The van der Waals surface area contributed by atoms with Crippen molar-refractivity contribution in [2.75, 3.05) is 7.11 Å². The fourth-order valence-corrected chi connectivity index (χ4v) is 2.45. The number of halogens is 1. The van der Waals surface area contributed by atoms with Crippen LogP contribution in [0.15, 0.2) is 54.0 Å². The summed E-state index contributed by atoms with van der Waals surface area (Å²) in [5.41, 5.74) is 3.58. The van der Waals surface area contributed by atoms with Crippen molar-refractivity contribution in [1.82, 2.24) is 9.97 Å². The molecular formula is C18H19FN2OS. The molecule has 0 radical (unpaired) electrons. The third kappa shape index (κ3) is 4.43. The van der Waals surface area contributed by atoms with Gasteiger partial charge in [-0.05, 0) is 44.2 Å². The van der Waals surface area contributed by atoms with Gasteiger partial charge in [0.2, 0.25) is 0 Å². The summed E-state index contributed by atoms with van der Waals surface area (Å²) in [7, 11) is 1.60. The number of allylic oxidation sites excluding steroid dienone is 4. The summed E-state index contributed by atoms with van der Waals surface area (Å²) in [6.45, 7) is 7.78. The first kappa shape index (κ1) is 17.2. The number of nitrogens with one attached hydrogen (secondary N) is 1. The van der Waals surface area contributed by atoms with Gasteiger partial charge in [0, 0.05) is 33.8 Å². The predicted octanol–water partition coefficient (Wildman–Crippen LogP) is 5.29. The maximum Gasteiger partial charge on any atom is 0.137 e. The molecule has 2 rings (SSSR count). The van der Waals surface area contributed by atoms with Gasteiger partial charge >= 0.3 is 0 Å². The second kappa shape index (κ2) is 7.94. The number of H-pyrrole nitrogens is 1. The summed E-state index contributed by atoms with van der Waals surface area (Å²) in [6.07, 6.45) is 5.77. The van der Waals surface area contributed by atoms with E-state index in [-0.39, 0.29) is 5.82 Å². The molecule has 0 saturated carbocycles. The summed E-state index contributed by atoms with van der Waals surface area (Å²) in [4.78, 5) is 8.71. The van der Waals surface area contributed by atoms with E-state index < -0.39 is 0 Å². The van der Waals surface area contributed by atoms with Crippen molar-refractivity contribution in [2.24, 2.45) is 0 Å². The standard InChI is InChI=1S/C18H19FN2OS/c1-5-14(7-6-12(2)23-22-4)18-20-13(3)17(21-18)15-8-10-16(19)11-9-15/h5-11H,2H2,1,3-4H3,(H,20,21)/b7-6-,14-5+. The van der Waals surface area contributed by atoms with E-state index in [2.05, 4.69) is 16.5 Å². The summed E-state index contributed by atoms with van der Waals surface area (Å²) in [5.74, 6) is 0.504. The molecule has 0 saturated heterocycles. The molecule has 0 unspecified atom stereocenters. The number of aromatic amines is 1. The molecule has 0 fully saturated rings. The fraction of sp³-hybridized carbons (Fsp3) is 0.167. The minimum atomic E-state index is -0.256. The van der Waals surface area contributed by atoms with Crippen LogP contribution in [0.1, 0.15) is 18.4 Å². The van der Waals surface area contributed by atoms with Gasteiger partial charge in [0.25, 0.3) is 0 Å². The van der Waals surface area contributed by atoms with Gasteiger partial charge in [0.05, 0.1) is 12.8 Å². The molecule has 1 aromatic carbocycles. The second-order valence-electron chi connectivity index (χ2n) is 4.86. The number of aromatic nitrogens is 2. The average molecular weight is 330 g/mol. The Kier molecular flexibility index (Phi) is 5.96. The number of imidazole rings is 1. The van der Waals surface area contributed by atoms with Crippen molar-refractivity contribution in [1.29, 1.82) is 0 Å². The van der Waals surface area contributed by atoms with Crippen molar-refractivity contribution in [3.8, 4) is 11.3 Å². The van der Waals surface area contributed by atoms with Gasteiger partial charge in [-0.15, -0.1) is 0 Å². The zero-order chi connectivity index (χ0) is 16.8. The van der Waals surface area contributed by atoms with Gasteiger partial charge in [-0.2, -0.15) is 0 Å².